The van der Waals surface area contributed by atoms with Crippen LogP contribution in [0, 0.1) is 11.8 Å². The third-order valence-electron chi connectivity index (χ3n) is 5.99. The average molecular weight is 354 g/mol. The summed E-state index contributed by atoms with van der Waals surface area (Å²) in [7, 11) is 0. The van der Waals surface area contributed by atoms with Crippen LogP contribution in [0.15, 0.2) is 0 Å². The highest BCUT2D eigenvalue weighted by atomic mass is 16.5. The molecule has 0 aliphatic carbocycles. The van der Waals surface area contributed by atoms with Crippen LogP contribution in [0.25, 0.3) is 0 Å². The van der Waals surface area contributed by atoms with Gasteiger partial charge in [0.25, 0.3) is 0 Å². The number of nitrogens with zero attached hydrogens (tertiary/aromatic N) is 3. The monoisotopic (exact) mass is 353 g/mol. The van der Waals surface area contributed by atoms with Crippen molar-refractivity contribution in [1.82, 2.24) is 14.7 Å². The summed E-state index contributed by atoms with van der Waals surface area (Å²) in [4.78, 5) is 19.6. The first-order valence-electron chi connectivity index (χ1n) is 10.4. The van der Waals surface area contributed by atoms with Gasteiger partial charge in [-0.2, -0.15) is 0 Å². The van der Waals surface area contributed by atoms with Crippen molar-refractivity contribution in [2.45, 2.75) is 40.0 Å². The Kier molecular flexibility index (Phi) is 9.39. The fourth-order valence-corrected chi connectivity index (χ4v) is 3.83. The Balaban J connectivity index is 1.59. The lowest BCUT2D eigenvalue weighted by molar-refractivity contribution is -0.124. The molecule has 5 heteroatoms. The molecule has 2 rings (SSSR count). The molecule has 0 bridgehead atoms. The third-order valence-corrected chi connectivity index (χ3v) is 5.99. The van der Waals surface area contributed by atoms with E-state index in [-0.39, 0.29) is 5.92 Å². The number of hydrogen-bond acceptors (Lipinski definition) is 5. The van der Waals surface area contributed by atoms with E-state index in [0.29, 0.717) is 12.3 Å². The summed E-state index contributed by atoms with van der Waals surface area (Å²) >= 11 is 0. The number of rotatable bonds is 10. The molecule has 2 heterocycles. The van der Waals surface area contributed by atoms with E-state index >= 15 is 0 Å². The average Bonchev–Trinajstić information content (AvgIpc) is 2.64. The lowest BCUT2D eigenvalue weighted by Gasteiger charge is -2.38. The van der Waals surface area contributed by atoms with Crippen LogP contribution in [-0.2, 0) is 9.53 Å². The van der Waals surface area contributed by atoms with Crippen molar-refractivity contribution >= 4 is 5.78 Å². The summed E-state index contributed by atoms with van der Waals surface area (Å²) in [6, 6.07) is 0. The Bertz CT molecular complexity index is 375. The minimum atomic E-state index is 0.214. The van der Waals surface area contributed by atoms with Gasteiger partial charge in [-0.25, -0.2) is 0 Å². The van der Waals surface area contributed by atoms with E-state index in [1.807, 2.05) is 0 Å². The Morgan fingerprint density at radius 1 is 1.00 bits per heavy atom. The Morgan fingerprint density at radius 3 is 2.24 bits per heavy atom. The van der Waals surface area contributed by atoms with Gasteiger partial charge in [0.05, 0.1) is 13.2 Å². The topological polar surface area (TPSA) is 36.0 Å². The fraction of sp³-hybridized carbons (Fsp3) is 0.950. The van der Waals surface area contributed by atoms with Crippen LogP contribution in [0.1, 0.15) is 40.0 Å². The molecule has 2 fully saturated rings. The molecule has 25 heavy (non-hydrogen) atoms. The van der Waals surface area contributed by atoms with Gasteiger partial charge in [-0.1, -0.05) is 13.8 Å². The first-order chi connectivity index (χ1) is 12.1. The second kappa shape index (κ2) is 11.3. The molecule has 1 atom stereocenters. The van der Waals surface area contributed by atoms with Gasteiger partial charge < -0.3 is 14.5 Å². The molecular formula is C20H39N3O2. The molecule has 0 aromatic rings. The number of piperidine rings is 1. The fourth-order valence-electron chi connectivity index (χ4n) is 3.83. The van der Waals surface area contributed by atoms with Crippen LogP contribution in [-0.4, -0.2) is 92.6 Å². The highest BCUT2D eigenvalue weighted by molar-refractivity contribution is 5.82. The van der Waals surface area contributed by atoms with E-state index < -0.39 is 0 Å². The van der Waals surface area contributed by atoms with Crippen LogP contribution in [0.4, 0.5) is 0 Å². The first kappa shape index (κ1) is 20.8. The van der Waals surface area contributed by atoms with Crippen LogP contribution < -0.4 is 0 Å². The van der Waals surface area contributed by atoms with E-state index in [0.717, 1.165) is 58.3 Å². The zero-order chi connectivity index (χ0) is 18.1. The van der Waals surface area contributed by atoms with Crippen LogP contribution in [0.2, 0.25) is 0 Å². The first-order valence-corrected chi connectivity index (χ1v) is 10.4. The smallest absolute Gasteiger partial charge is 0.149 e. The lowest BCUT2D eigenvalue weighted by Crippen LogP contribution is -2.50. The predicted molar refractivity (Wildman–Crippen MR) is 103 cm³/mol. The van der Waals surface area contributed by atoms with E-state index in [2.05, 4.69) is 35.5 Å². The van der Waals surface area contributed by atoms with Crippen LogP contribution >= 0.6 is 0 Å². The summed E-state index contributed by atoms with van der Waals surface area (Å²) in [5.74, 6) is 1.47. The minimum absolute atomic E-state index is 0.214. The van der Waals surface area contributed by atoms with Gasteiger partial charge in [0.15, 0.2) is 0 Å². The Hall–Kier alpha value is -0.490. The number of ketones is 1. The van der Waals surface area contributed by atoms with Crippen molar-refractivity contribution < 1.29 is 9.53 Å². The third kappa shape index (κ3) is 7.33. The zero-order valence-electron chi connectivity index (χ0n) is 16.7. The summed E-state index contributed by atoms with van der Waals surface area (Å²) < 4.78 is 5.47. The van der Waals surface area contributed by atoms with Crippen LogP contribution in [0.5, 0.6) is 0 Å². The van der Waals surface area contributed by atoms with Gasteiger partial charge in [0.1, 0.15) is 5.78 Å². The molecule has 0 N–H and O–H groups in total. The maximum atomic E-state index is 12.1. The van der Waals surface area contributed by atoms with Gasteiger partial charge in [0, 0.05) is 51.8 Å². The molecule has 0 aromatic heterocycles. The predicted octanol–water partition coefficient (Wildman–Crippen LogP) is 1.97. The zero-order valence-corrected chi connectivity index (χ0v) is 16.7. The van der Waals surface area contributed by atoms with Crippen molar-refractivity contribution in [3.8, 4) is 0 Å². The maximum absolute atomic E-state index is 12.1. The number of ether oxygens (including phenoxy) is 1. The summed E-state index contributed by atoms with van der Waals surface area (Å²) in [5, 5.41) is 0. The van der Waals surface area contributed by atoms with E-state index in [1.165, 1.54) is 32.5 Å². The van der Waals surface area contributed by atoms with E-state index in [9.17, 15) is 4.79 Å². The molecule has 2 saturated heterocycles. The largest absolute Gasteiger partial charge is 0.380 e. The minimum Gasteiger partial charge on any atom is -0.380 e. The molecule has 0 spiro atoms. The molecule has 0 aromatic carbocycles. The molecule has 5 nitrogen and oxygen atoms in total. The Morgan fingerprint density at radius 2 is 1.64 bits per heavy atom. The second-order valence-electron chi connectivity index (χ2n) is 7.83. The van der Waals surface area contributed by atoms with Gasteiger partial charge in [-0.3, -0.25) is 9.69 Å². The standard InChI is InChI=1S/C20H39N3O2/c1-4-18(3)20(24)17-23-12-10-22(11-13-23)16-19-6-8-21(9-7-19)14-15-25-5-2/h18-19H,4-17H2,1-3H3. The van der Waals surface area contributed by atoms with E-state index in [4.69, 9.17) is 4.74 Å². The molecular weight excluding hydrogens is 314 g/mol. The normalized spacial score (nSPS) is 23.0. The second-order valence-corrected chi connectivity index (χ2v) is 7.83. The van der Waals surface area contributed by atoms with Crippen molar-refractivity contribution in [1.29, 1.82) is 0 Å². The quantitative estimate of drug-likeness (QED) is 0.561. The maximum Gasteiger partial charge on any atom is 0.149 e. The molecule has 2 aliphatic heterocycles. The van der Waals surface area contributed by atoms with Gasteiger partial charge >= 0.3 is 0 Å². The Labute approximate surface area is 154 Å². The van der Waals surface area contributed by atoms with Crippen molar-refractivity contribution in [3.05, 3.63) is 0 Å². The van der Waals surface area contributed by atoms with Gasteiger partial charge in [-0.15, -0.1) is 0 Å². The lowest BCUT2D eigenvalue weighted by atomic mass is 9.96. The number of likely N-dealkylation sites (tertiary alicyclic amines) is 1. The van der Waals surface area contributed by atoms with Gasteiger partial charge in [0.2, 0.25) is 0 Å². The highest BCUT2D eigenvalue weighted by Gasteiger charge is 2.25. The molecule has 2 aliphatic rings. The summed E-state index contributed by atoms with van der Waals surface area (Å²) in [6.45, 7) is 17.7. The molecule has 146 valence electrons. The molecule has 0 radical (unpaired) electrons. The van der Waals surface area contributed by atoms with Crippen molar-refractivity contribution in [2.75, 3.05) is 72.1 Å². The summed E-state index contributed by atoms with van der Waals surface area (Å²) in [5.41, 5.74) is 0. The highest BCUT2D eigenvalue weighted by Crippen LogP contribution is 2.19. The van der Waals surface area contributed by atoms with E-state index in [1.54, 1.807) is 0 Å². The molecule has 1 unspecified atom stereocenters. The SMILES string of the molecule is CCOCCN1CCC(CN2CCN(CC(=O)C(C)CC)CC2)CC1. The number of carbonyl (C=O) groups is 1. The number of Topliss-reactive ketones (excluding diaryl/α,β-unsaturated/α-hetero) is 1. The number of carbonyl (C=O) groups excluding carboxylic acids is 1. The van der Waals surface area contributed by atoms with Crippen LogP contribution in [0.3, 0.4) is 0 Å². The molecule has 0 amide bonds. The number of hydrogen-bond donors (Lipinski definition) is 0. The van der Waals surface area contributed by atoms with Gasteiger partial charge in [-0.05, 0) is 45.2 Å². The van der Waals surface area contributed by atoms with Crippen molar-refractivity contribution in [3.63, 3.8) is 0 Å². The summed E-state index contributed by atoms with van der Waals surface area (Å²) in [6.07, 6.45) is 3.60. The number of piperazine rings is 1. The van der Waals surface area contributed by atoms with Crippen molar-refractivity contribution in [2.24, 2.45) is 11.8 Å². The molecule has 0 saturated carbocycles.